The number of hydrogen-bond donors (Lipinski definition) is 1. The van der Waals surface area contributed by atoms with E-state index in [0.29, 0.717) is 11.8 Å². The lowest BCUT2D eigenvalue weighted by molar-refractivity contribution is -0.137. The number of carbonyl (C=O) groups is 2. The Kier molecular flexibility index (Phi) is 5.23. The Bertz CT molecular complexity index is 772. The summed E-state index contributed by atoms with van der Waals surface area (Å²) in [5, 5.41) is 4.77. The van der Waals surface area contributed by atoms with E-state index in [1.807, 2.05) is 0 Å². The van der Waals surface area contributed by atoms with E-state index in [1.54, 1.807) is 12.3 Å². The molecule has 0 saturated heterocycles. The molecule has 0 unspecified atom stereocenters. The second kappa shape index (κ2) is 7.00. The number of ether oxygens (including phenoxy) is 1. The third kappa shape index (κ3) is 4.31. The number of nitrogens with zero attached hydrogens (tertiary/aromatic N) is 1. The highest BCUT2D eigenvalue weighted by atomic mass is 32.1. The number of benzene rings is 1. The van der Waals surface area contributed by atoms with Gasteiger partial charge < -0.3 is 10.1 Å². The topological polar surface area (TPSA) is 68.3 Å². The Labute approximate surface area is 139 Å². The first-order chi connectivity index (χ1) is 11.2. The van der Waals surface area contributed by atoms with Crippen molar-refractivity contribution in [3.63, 3.8) is 0 Å². The van der Waals surface area contributed by atoms with E-state index in [-0.39, 0.29) is 17.7 Å². The summed E-state index contributed by atoms with van der Waals surface area (Å²) in [7, 11) is 1.10. The van der Waals surface area contributed by atoms with Gasteiger partial charge in [0, 0.05) is 5.38 Å². The van der Waals surface area contributed by atoms with Gasteiger partial charge in [0.05, 0.1) is 41.0 Å². The predicted octanol–water partition coefficient (Wildman–Crippen LogP) is 3.44. The third-order valence-corrected chi connectivity index (χ3v) is 3.86. The van der Waals surface area contributed by atoms with E-state index in [4.69, 9.17) is 0 Å². The number of anilines is 1. The maximum Gasteiger partial charge on any atom is 0.416 e. The molecule has 0 radical (unpaired) electrons. The molecule has 0 fully saturated rings. The number of alkyl halides is 3. The van der Waals surface area contributed by atoms with Crippen molar-refractivity contribution in [3.05, 3.63) is 45.4 Å². The summed E-state index contributed by atoms with van der Waals surface area (Å²) in [6, 6.07) is 2.43. The maximum absolute atomic E-state index is 12.8. The Balaban J connectivity index is 2.28. The minimum absolute atomic E-state index is 0.110. The second-order valence-electron chi connectivity index (χ2n) is 4.83. The zero-order valence-electron chi connectivity index (χ0n) is 12.7. The first-order valence-electron chi connectivity index (χ1n) is 6.71. The molecule has 2 aromatic rings. The van der Waals surface area contributed by atoms with Gasteiger partial charge in [-0.2, -0.15) is 13.2 Å². The Morgan fingerprint density at radius 2 is 2.04 bits per heavy atom. The van der Waals surface area contributed by atoms with Crippen LogP contribution < -0.4 is 5.32 Å². The lowest BCUT2D eigenvalue weighted by Crippen LogP contribution is -2.18. The van der Waals surface area contributed by atoms with Crippen LogP contribution in [0.15, 0.2) is 23.6 Å². The van der Waals surface area contributed by atoms with Crippen molar-refractivity contribution in [2.45, 2.75) is 19.5 Å². The van der Waals surface area contributed by atoms with Crippen LogP contribution in [0.1, 0.15) is 26.6 Å². The van der Waals surface area contributed by atoms with E-state index < -0.39 is 23.6 Å². The van der Waals surface area contributed by atoms with Crippen molar-refractivity contribution in [1.82, 2.24) is 4.98 Å². The highest BCUT2D eigenvalue weighted by Gasteiger charge is 2.32. The van der Waals surface area contributed by atoms with E-state index in [9.17, 15) is 22.8 Å². The number of aryl methyl sites for hydroxylation is 1. The van der Waals surface area contributed by atoms with Crippen LogP contribution in [0, 0.1) is 6.92 Å². The van der Waals surface area contributed by atoms with Crippen LogP contribution in [-0.2, 0) is 22.1 Å². The number of aromatic nitrogens is 1. The molecular formula is C15H13F3N2O3S. The molecule has 1 heterocycles. The molecule has 0 bridgehead atoms. The number of rotatable bonds is 4. The smallest absolute Gasteiger partial charge is 0.416 e. The number of methoxy groups -OCH3 is 1. The van der Waals surface area contributed by atoms with Crippen molar-refractivity contribution >= 4 is 28.9 Å². The van der Waals surface area contributed by atoms with Crippen LogP contribution in [0.4, 0.5) is 18.9 Å². The molecule has 5 nitrogen and oxygen atoms in total. The fourth-order valence-electron chi connectivity index (χ4n) is 1.96. The molecule has 1 aromatic heterocycles. The van der Waals surface area contributed by atoms with Gasteiger partial charge in [-0.3, -0.25) is 4.79 Å². The van der Waals surface area contributed by atoms with E-state index in [2.05, 4.69) is 15.0 Å². The summed E-state index contributed by atoms with van der Waals surface area (Å²) in [4.78, 5) is 27.8. The van der Waals surface area contributed by atoms with Gasteiger partial charge in [-0.1, -0.05) is 0 Å². The van der Waals surface area contributed by atoms with Gasteiger partial charge in [-0.05, 0) is 25.1 Å². The normalized spacial score (nSPS) is 11.2. The number of carbonyl (C=O) groups excluding carboxylic acids is 2. The largest absolute Gasteiger partial charge is 0.465 e. The number of halogens is 3. The molecule has 0 aliphatic carbocycles. The Morgan fingerprint density at radius 1 is 1.33 bits per heavy atom. The molecule has 24 heavy (non-hydrogen) atoms. The molecular weight excluding hydrogens is 345 g/mol. The van der Waals surface area contributed by atoms with Gasteiger partial charge in [-0.25, -0.2) is 9.78 Å². The maximum atomic E-state index is 12.8. The second-order valence-corrected chi connectivity index (χ2v) is 5.89. The average molecular weight is 358 g/mol. The number of amides is 1. The zero-order chi connectivity index (χ0) is 17.9. The van der Waals surface area contributed by atoms with Crippen LogP contribution in [0.2, 0.25) is 0 Å². The van der Waals surface area contributed by atoms with Gasteiger partial charge in [0.1, 0.15) is 0 Å². The van der Waals surface area contributed by atoms with E-state index in [0.717, 1.165) is 24.3 Å². The predicted molar refractivity (Wildman–Crippen MR) is 82.0 cm³/mol. The molecule has 1 amide bonds. The highest BCUT2D eigenvalue weighted by Crippen LogP contribution is 2.32. The molecule has 9 heteroatoms. The number of thiazole rings is 1. The molecule has 1 N–H and O–H groups in total. The Hall–Kier alpha value is -2.42. The summed E-state index contributed by atoms with van der Waals surface area (Å²) in [6.45, 7) is 1.77. The van der Waals surface area contributed by atoms with Crippen LogP contribution in [0.3, 0.4) is 0 Å². The van der Waals surface area contributed by atoms with Crippen LogP contribution in [0.25, 0.3) is 0 Å². The molecule has 0 spiro atoms. The minimum atomic E-state index is -4.60. The summed E-state index contributed by atoms with van der Waals surface area (Å²) in [6.07, 6.45) is -4.71. The van der Waals surface area contributed by atoms with E-state index >= 15 is 0 Å². The summed E-state index contributed by atoms with van der Waals surface area (Å²) in [5.74, 6) is -1.42. The Morgan fingerprint density at radius 3 is 2.58 bits per heavy atom. The van der Waals surface area contributed by atoms with Crippen LogP contribution >= 0.6 is 11.3 Å². The number of esters is 1. The monoisotopic (exact) mass is 358 g/mol. The molecule has 0 saturated carbocycles. The van der Waals surface area contributed by atoms with Crippen LogP contribution in [0.5, 0.6) is 0 Å². The number of hydrogen-bond acceptors (Lipinski definition) is 5. The van der Waals surface area contributed by atoms with Crippen molar-refractivity contribution in [1.29, 1.82) is 0 Å². The zero-order valence-corrected chi connectivity index (χ0v) is 13.5. The van der Waals surface area contributed by atoms with Gasteiger partial charge in [-0.15, -0.1) is 11.3 Å². The minimum Gasteiger partial charge on any atom is -0.465 e. The lowest BCUT2D eigenvalue weighted by Gasteiger charge is -2.13. The van der Waals surface area contributed by atoms with Crippen LogP contribution in [-0.4, -0.2) is 24.0 Å². The quantitative estimate of drug-likeness (QED) is 0.850. The fraction of sp³-hybridized carbons (Fsp3) is 0.267. The molecule has 0 atom stereocenters. The average Bonchev–Trinajstić information content (AvgIpc) is 2.90. The number of nitrogens with one attached hydrogen (secondary N) is 1. The van der Waals surface area contributed by atoms with Gasteiger partial charge >= 0.3 is 12.1 Å². The fourth-order valence-corrected chi connectivity index (χ4v) is 2.57. The van der Waals surface area contributed by atoms with Gasteiger partial charge in [0.15, 0.2) is 0 Å². The summed E-state index contributed by atoms with van der Waals surface area (Å²) < 4.78 is 43.0. The standard InChI is InChI=1S/C15H13F3N2O3S/c1-8-19-10(7-24-8)6-13(21)20-12-5-9(15(16,17)18)3-4-11(12)14(22)23-2/h3-5,7H,6H2,1-2H3,(H,20,21). The molecule has 128 valence electrons. The van der Waals surface area contributed by atoms with Gasteiger partial charge in [0.25, 0.3) is 0 Å². The third-order valence-electron chi connectivity index (χ3n) is 3.03. The molecule has 0 aliphatic heterocycles. The van der Waals surface area contributed by atoms with Crippen molar-refractivity contribution in [2.75, 3.05) is 12.4 Å². The van der Waals surface area contributed by atoms with Crippen molar-refractivity contribution < 1.29 is 27.5 Å². The summed E-state index contributed by atoms with van der Waals surface area (Å²) in [5.41, 5.74) is -0.890. The van der Waals surface area contributed by atoms with Crippen molar-refractivity contribution in [3.8, 4) is 0 Å². The molecule has 2 rings (SSSR count). The molecule has 0 aliphatic rings. The summed E-state index contributed by atoms with van der Waals surface area (Å²) >= 11 is 1.36. The lowest BCUT2D eigenvalue weighted by atomic mass is 10.1. The first-order valence-corrected chi connectivity index (χ1v) is 7.59. The van der Waals surface area contributed by atoms with Crippen molar-refractivity contribution in [2.24, 2.45) is 0 Å². The first kappa shape index (κ1) is 17.9. The van der Waals surface area contributed by atoms with E-state index in [1.165, 1.54) is 11.3 Å². The van der Waals surface area contributed by atoms with Gasteiger partial charge in [0.2, 0.25) is 5.91 Å². The highest BCUT2D eigenvalue weighted by molar-refractivity contribution is 7.09. The molecule has 1 aromatic carbocycles. The SMILES string of the molecule is COC(=O)c1ccc(C(F)(F)F)cc1NC(=O)Cc1csc(C)n1.